The van der Waals surface area contributed by atoms with Crippen LogP contribution in [-0.2, 0) is 11.0 Å². The van der Waals surface area contributed by atoms with Crippen molar-refractivity contribution in [1.29, 1.82) is 0 Å². The van der Waals surface area contributed by atoms with Crippen molar-refractivity contribution in [2.24, 2.45) is 0 Å². The second kappa shape index (κ2) is 8.31. The SMILES string of the molecule is CC(C)N(C(=O)c1cc2c(cc1C(F)(F)F)SC1(CCCC1)C(=O)N2)[C@@H]1CCCNC1. The molecule has 0 bridgehead atoms. The second-order valence-electron chi connectivity index (χ2n) is 8.96. The number of amides is 2. The van der Waals surface area contributed by atoms with Gasteiger partial charge in [0.1, 0.15) is 0 Å². The molecular weight excluding hydrogens is 427 g/mol. The molecule has 1 aromatic carbocycles. The Hall–Kier alpha value is -1.74. The molecule has 0 radical (unpaired) electrons. The van der Waals surface area contributed by atoms with E-state index in [1.54, 1.807) is 4.90 Å². The lowest BCUT2D eigenvalue weighted by molar-refractivity contribution is -0.138. The quantitative estimate of drug-likeness (QED) is 0.696. The molecule has 2 aliphatic heterocycles. The molecule has 1 atom stereocenters. The van der Waals surface area contributed by atoms with Gasteiger partial charge in [0, 0.05) is 23.5 Å². The van der Waals surface area contributed by atoms with Crippen molar-refractivity contribution in [3.63, 3.8) is 0 Å². The van der Waals surface area contributed by atoms with E-state index in [1.165, 1.54) is 17.8 Å². The molecule has 2 fully saturated rings. The minimum absolute atomic E-state index is 0.163. The van der Waals surface area contributed by atoms with Gasteiger partial charge in [0.15, 0.2) is 0 Å². The Morgan fingerprint density at radius 3 is 2.52 bits per heavy atom. The lowest BCUT2D eigenvalue weighted by Gasteiger charge is -2.38. The van der Waals surface area contributed by atoms with Gasteiger partial charge in [-0.15, -0.1) is 11.8 Å². The van der Waals surface area contributed by atoms with E-state index >= 15 is 0 Å². The molecule has 5 nitrogen and oxygen atoms in total. The Labute approximate surface area is 184 Å². The smallest absolute Gasteiger partial charge is 0.332 e. The van der Waals surface area contributed by atoms with Gasteiger partial charge in [-0.3, -0.25) is 9.59 Å². The zero-order valence-corrected chi connectivity index (χ0v) is 18.6. The topological polar surface area (TPSA) is 61.4 Å². The van der Waals surface area contributed by atoms with Crippen molar-refractivity contribution in [3.05, 3.63) is 23.3 Å². The summed E-state index contributed by atoms with van der Waals surface area (Å²) in [5, 5.41) is 6.03. The van der Waals surface area contributed by atoms with Crippen molar-refractivity contribution in [3.8, 4) is 0 Å². The normalized spacial score (nSPS) is 23.0. The Kier molecular flexibility index (Phi) is 6.02. The summed E-state index contributed by atoms with van der Waals surface area (Å²) in [5.74, 6) is -0.808. The van der Waals surface area contributed by atoms with Gasteiger partial charge in [0.05, 0.1) is 21.6 Å². The third kappa shape index (κ3) is 4.18. The van der Waals surface area contributed by atoms with Gasteiger partial charge in [-0.25, -0.2) is 0 Å². The number of thioether (sulfide) groups is 1. The second-order valence-corrected chi connectivity index (χ2v) is 10.4. The minimum Gasteiger partial charge on any atom is -0.332 e. The first-order valence-electron chi connectivity index (χ1n) is 10.9. The third-order valence-electron chi connectivity index (χ3n) is 6.49. The Morgan fingerprint density at radius 1 is 1.23 bits per heavy atom. The maximum atomic E-state index is 14.1. The molecule has 1 aromatic rings. The molecule has 0 aromatic heterocycles. The maximum Gasteiger partial charge on any atom is 0.417 e. The molecular formula is C22H28F3N3O2S. The molecule has 170 valence electrons. The van der Waals surface area contributed by atoms with Crippen molar-refractivity contribution in [1.82, 2.24) is 10.2 Å². The number of nitrogens with zero attached hydrogens (tertiary/aromatic N) is 1. The summed E-state index contributed by atoms with van der Waals surface area (Å²) in [7, 11) is 0. The fraction of sp³-hybridized carbons (Fsp3) is 0.636. The Bertz CT molecular complexity index is 875. The first kappa shape index (κ1) is 22.5. The summed E-state index contributed by atoms with van der Waals surface area (Å²) in [4.78, 5) is 28.2. The number of anilines is 1. The summed E-state index contributed by atoms with van der Waals surface area (Å²) in [6.45, 7) is 5.04. The van der Waals surface area contributed by atoms with E-state index in [0.717, 1.165) is 38.3 Å². The standard InChI is InChI=1S/C22H28F3N3O2S/c1-13(2)28(14-6-5-9-26-12-14)19(29)15-10-17-18(11-16(15)22(23,24)25)31-21(20(30)27-17)7-3-4-8-21/h10-11,13-14,26H,3-9,12H2,1-2H3,(H,27,30)/t14-/m1/s1. The number of hydrogen-bond acceptors (Lipinski definition) is 4. The van der Waals surface area contributed by atoms with E-state index in [2.05, 4.69) is 10.6 Å². The van der Waals surface area contributed by atoms with E-state index in [4.69, 9.17) is 0 Å². The average molecular weight is 456 g/mol. The molecule has 4 rings (SSSR count). The van der Waals surface area contributed by atoms with Gasteiger partial charge in [0.2, 0.25) is 5.91 Å². The molecule has 31 heavy (non-hydrogen) atoms. The zero-order valence-electron chi connectivity index (χ0n) is 17.8. The Morgan fingerprint density at radius 2 is 1.94 bits per heavy atom. The van der Waals surface area contributed by atoms with Crippen molar-refractivity contribution < 1.29 is 22.8 Å². The molecule has 2 heterocycles. The van der Waals surface area contributed by atoms with Crippen LogP contribution < -0.4 is 10.6 Å². The maximum absolute atomic E-state index is 14.1. The van der Waals surface area contributed by atoms with Crippen LogP contribution in [0.2, 0.25) is 0 Å². The van der Waals surface area contributed by atoms with E-state index in [0.29, 0.717) is 30.0 Å². The fourth-order valence-corrected chi connectivity index (χ4v) is 6.43. The molecule has 2 N–H and O–H groups in total. The molecule has 9 heteroatoms. The van der Waals surface area contributed by atoms with Crippen LogP contribution in [0.1, 0.15) is 68.3 Å². The summed E-state index contributed by atoms with van der Waals surface area (Å²) in [6.07, 6.45) is 0.0267. The predicted molar refractivity (Wildman–Crippen MR) is 114 cm³/mol. The highest BCUT2D eigenvalue weighted by Crippen LogP contribution is 2.52. The molecule has 1 aliphatic carbocycles. The van der Waals surface area contributed by atoms with E-state index in [1.807, 2.05) is 13.8 Å². The molecule has 1 saturated heterocycles. The number of carbonyl (C=O) groups is 2. The fourth-order valence-electron chi connectivity index (χ4n) is 4.97. The first-order valence-corrected chi connectivity index (χ1v) is 11.7. The number of alkyl halides is 3. The minimum atomic E-state index is -4.67. The predicted octanol–water partition coefficient (Wildman–Crippen LogP) is 4.67. The largest absolute Gasteiger partial charge is 0.417 e. The molecule has 0 unspecified atom stereocenters. The molecule has 1 saturated carbocycles. The van der Waals surface area contributed by atoms with Crippen LogP contribution >= 0.6 is 11.8 Å². The zero-order chi connectivity index (χ0) is 22.4. The van der Waals surface area contributed by atoms with Crippen LogP contribution in [0.15, 0.2) is 17.0 Å². The molecule has 2 amide bonds. The van der Waals surface area contributed by atoms with E-state index in [9.17, 15) is 22.8 Å². The number of piperidine rings is 1. The molecule has 1 spiro atoms. The Balaban J connectivity index is 1.76. The van der Waals surface area contributed by atoms with Gasteiger partial charge >= 0.3 is 6.18 Å². The monoisotopic (exact) mass is 455 g/mol. The lowest BCUT2D eigenvalue weighted by Crippen LogP contribution is -2.52. The number of carbonyl (C=O) groups excluding carboxylic acids is 2. The number of nitrogens with one attached hydrogen (secondary N) is 2. The number of rotatable bonds is 3. The van der Waals surface area contributed by atoms with Crippen LogP contribution in [0.4, 0.5) is 18.9 Å². The number of hydrogen-bond donors (Lipinski definition) is 2. The van der Waals surface area contributed by atoms with Gasteiger partial charge in [0.25, 0.3) is 5.91 Å². The summed E-state index contributed by atoms with van der Waals surface area (Å²) >= 11 is 1.22. The van der Waals surface area contributed by atoms with Crippen LogP contribution in [0, 0.1) is 0 Å². The highest BCUT2D eigenvalue weighted by atomic mass is 32.2. The highest BCUT2D eigenvalue weighted by Gasteiger charge is 2.47. The number of halogens is 3. The van der Waals surface area contributed by atoms with Crippen molar-refractivity contribution >= 4 is 29.3 Å². The summed E-state index contributed by atoms with van der Waals surface area (Å²) in [6, 6.07) is 1.88. The van der Waals surface area contributed by atoms with Gasteiger partial charge in [-0.05, 0) is 58.2 Å². The van der Waals surface area contributed by atoms with E-state index < -0.39 is 28.0 Å². The van der Waals surface area contributed by atoms with Crippen LogP contribution in [0.25, 0.3) is 0 Å². The number of fused-ring (bicyclic) bond motifs is 1. The van der Waals surface area contributed by atoms with Crippen LogP contribution in [-0.4, -0.2) is 46.6 Å². The van der Waals surface area contributed by atoms with Crippen molar-refractivity contribution in [2.45, 2.75) is 80.3 Å². The van der Waals surface area contributed by atoms with Gasteiger partial charge < -0.3 is 15.5 Å². The molecule has 3 aliphatic rings. The van der Waals surface area contributed by atoms with Crippen LogP contribution in [0.5, 0.6) is 0 Å². The van der Waals surface area contributed by atoms with Gasteiger partial charge in [-0.1, -0.05) is 12.8 Å². The highest BCUT2D eigenvalue weighted by molar-refractivity contribution is 8.01. The summed E-state index contributed by atoms with van der Waals surface area (Å²) in [5.41, 5.74) is -1.02. The number of benzene rings is 1. The average Bonchev–Trinajstić information content (AvgIpc) is 3.17. The van der Waals surface area contributed by atoms with Gasteiger partial charge in [-0.2, -0.15) is 13.2 Å². The lowest BCUT2D eigenvalue weighted by atomic mass is 9.99. The summed E-state index contributed by atoms with van der Waals surface area (Å²) < 4.78 is 41.5. The first-order chi connectivity index (χ1) is 14.6. The van der Waals surface area contributed by atoms with Crippen molar-refractivity contribution in [2.75, 3.05) is 18.4 Å². The van der Waals surface area contributed by atoms with E-state index in [-0.39, 0.29) is 18.0 Å². The van der Waals surface area contributed by atoms with Crippen LogP contribution in [0.3, 0.4) is 0 Å². The third-order valence-corrected chi connectivity index (χ3v) is 8.03.